The molecule has 1 aliphatic heterocycles. The van der Waals surface area contributed by atoms with E-state index in [4.69, 9.17) is 14.7 Å². The Labute approximate surface area is 175 Å². The molecule has 4 heterocycles. The van der Waals surface area contributed by atoms with E-state index in [1.807, 2.05) is 22.9 Å². The van der Waals surface area contributed by atoms with Crippen LogP contribution < -0.4 is 5.32 Å². The molecule has 0 aromatic carbocycles. The molecule has 1 aliphatic carbocycles. The lowest BCUT2D eigenvalue weighted by molar-refractivity contribution is 0.0398. The minimum absolute atomic E-state index is 0.663. The Hall–Kier alpha value is -2.03. The summed E-state index contributed by atoms with van der Waals surface area (Å²) in [6.07, 6.45) is 4.83. The van der Waals surface area contributed by atoms with E-state index in [1.54, 1.807) is 0 Å². The van der Waals surface area contributed by atoms with Crippen molar-refractivity contribution in [2.75, 3.05) is 44.7 Å². The maximum Gasteiger partial charge on any atom is 0.254 e. The lowest BCUT2D eigenvalue weighted by Gasteiger charge is -2.26. The van der Waals surface area contributed by atoms with Crippen molar-refractivity contribution in [3.63, 3.8) is 0 Å². The zero-order chi connectivity index (χ0) is 19.8. The van der Waals surface area contributed by atoms with E-state index in [1.165, 1.54) is 35.1 Å². The Morgan fingerprint density at radius 1 is 1.14 bits per heavy atom. The molecule has 3 aromatic rings. The first kappa shape index (κ1) is 19.0. The summed E-state index contributed by atoms with van der Waals surface area (Å²) in [6, 6.07) is 2.07. The molecule has 0 bridgehead atoms. The number of fused-ring (bicyclic) bond motifs is 3. The lowest BCUT2D eigenvalue weighted by Crippen LogP contribution is -2.39. The van der Waals surface area contributed by atoms with Crippen molar-refractivity contribution < 1.29 is 4.74 Å². The van der Waals surface area contributed by atoms with E-state index in [9.17, 15) is 0 Å². The Morgan fingerprint density at radius 2 is 1.97 bits per heavy atom. The second-order valence-corrected chi connectivity index (χ2v) is 9.07. The molecular weight excluding hydrogens is 384 g/mol. The number of thiophene rings is 1. The van der Waals surface area contributed by atoms with Crippen LogP contribution >= 0.6 is 11.3 Å². The van der Waals surface area contributed by atoms with Gasteiger partial charge in [-0.1, -0.05) is 0 Å². The van der Waals surface area contributed by atoms with E-state index in [0.29, 0.717) is 5.95 Å². The quantitative estimate of drug-likeness (QED) is 0.695. The molecule has 0 spiro atoms. The molecule has 0 atom stereocenters. The minimum Gasteiger partial charge on any atom is -0.379 e. The predicted octanol–water partition coefficient (Wildman–Crippen LogP) is 3.12. The van der Waals surface area contributed by atoms with Crippen molar-refractivity contribution in [2.45, 2.75) is 39.5 Å². The van der Waals surface area contributed by atoms with E-state index >= 15 is 0 Å². The zero-order valence-electron chi connectivity index (χ0n) is 17.2. The SMILES string of the molecule is Cc1cc(C)n(-c2nc(NCCN3CCOCC3)c3c4c(sc3n2)CCCC4)n1. The third-order valence-corrected chi connectivity index (χ3v) is 7.01. The predicted molar refractivity (Wildman–Crippen MR) is 116 cm³/mol. The average molecular weight is 413 g/mol. The monoisotopic (exact) mass is 412 g/mol. The van der Waals surface area contributed by atoms with Gasteiger partial charge in [0.25, 0.3) is 5.95 Å². The number of ether oxygens (including phenoxy) is 1. The molecule has 5 rings (SSSR count). The molecule has 3 aromatic heterocycles. The molecule has 7 nitrogen and oxygen atoms in total. The van der Waals surface area contributed by atoms with Crippen LogP contribution in [0.4, 0.5) is 5.82 Å². The van der Waals surface area contributed by atoms with E-state index in [0.717, 1.165) is 67.8 Å². The molecule has 0 unspecified atom stereocenters. The second-order valence-electron chi connectivity index (χ2n) is 7.98. The maximum absolute atomic E-state index is 5.46. The summed E-state index contributed by atoms with van der Waals surface area (Å²) in [7, 11) is 0. The third-order valence-electron chi connectivity index (χ3n) is 5.83. The van der Waals surface area contributed by atoms with Gasteiger partial charge in [-0.15, -0.1) is 11.3 Å². The van der Waals surface area contributed by atoms with Gasteiger partial charge < -0.3 is 10.1 Å². The van der Waals surface area contributed by atoms with Crippen molar-refractivity contribution in [3.8, 4) is 5.95 Å². The number of nitrogens with zero attached hydrogens (tertiary/aromatic N) is 5. The molecule has 8 heteroatoms. The normalized spacial score (nSPS) is 17.6. The average Bonchev–Trinajstić information content (AvgIpc) is 3.27. The number of anilines is 1. The molecule has 29 heavy (non-hydrogen) atoms. The first-order valence-corrected chi connectivity index (χ1v) is 11.4. The summed E-state index contributed by atoms with van der Waals surface area (Å²) < 4.78 is 7.32. The Bertz CT molecular complexity index is 1020. The van der Waals surface area contributed by atoms with Crippen molar-refractivity contribution >= 4 is 27.4 Å². The largest absolute Gasteiger partial charge is 0.379 e. The fourth-order valence-corrected chi connectivity index (χ4v) is 5.61. The van der Waals surface area contributed by atoms with E-state index in [2.05, 4.69) is 28.3 Å². The van der Waals surface area contributed by atoms with Gasteiger partial charge in [-0.2, -0.15) is 15.1 Å². The summed E-state index contributed by atoms with van der Waals surface area (Å²) in [5.41, 5.74) is 3.51. The number of rotatable bonds is 5. The van der Waals surface area contributed by atoms with Crippen molar-refractivity contribution in [1.29, 1.82) is 0 Å². The van der Waals surface area contributed by atoms with Gasteiger partial charge in [0.05, 0.1) is 24.3 Å². The van der Waals surface area contributed by atoms with Crippen LogP contribution in [0.2, 0.25) is 0 Å². The number of morpholine rings is 1. The molecule has 0 radical (unpaired) electrons. The van der Waals surface area contributed by atoms with E-state index < -0.39 is 0 Å². The smallest absolute Gasteiger partial charge is 0.254 e. The maximum atomic E-state index is 5.46. The number of hydrogen-bond acceptors (Lipinski definition) is 7. The first-order valence-electron chi connectivity index (χ1n) is 10.6. The van der Waals surface area contributed by atoms with Gasteiger partial charge in [0.15, 0.2) is 0 Å². The van der Waals surface area contributed by atoms with Gasteiger partial charge in [-0.3, -0.25) is 4.90 Å². The third kappa shape index (κ3) is 3.76. The summed E-state index contributed by atoms with van der Waals surface area (Å²) in [4.78, 5) is 14.9. The highest BCUT2D eigenvalue weighted by Crippen LogP contribution is 2.39. The number of aryl methyl sites for hydroxylation is 4. The zero-order valence-corrected chi connectivity index (χ0v) is 18.0. The highest BCUT2D eigenvalue weighted by atomic mass is 32.1. The minimum atomic E-state index is 0.663. The molecule has 0 saturated carbocycles. The Morgan fingerprint density at radius 3 is 2.76 bits per heavy atom. The summed E-state index contributed by atoms with van der Waals surface area (Å²) in [5.74, 6) is 1.63. The van der Waals surface area contributed by atoms with Crippen LogP contribution in [-0.2, 0) is 17.6 Å². The molecule has 2 aliphatic rings. The van der Waals surface area contributed by atoms with Crippen LogP contribution in [0, 0.1) is 13.8 Å². The lowest BCUT2D eigenvalue weighted by atomic mass is 9.97. The van der Waals surface area contributed by atoms with Gasteiger partial charge >= 0.3 is 0 Å². The van der Waals surface area contributed by atoms with Crippen molar-refractivity contribution in [3.05, 3.63) is 27.9 Å². The second kappa shape index (κ2) is 8.01. The fourth-order valence-electron chi connectivity index (χ4n) is 4.36. The van der Waals surface area contributed by atoms with Gasteiger partial charge in [0.1, 0.15) is 10.6 Å². The van der Waals surface area contributed by atoms with Crippen LogP contribution in [0.1, 0.15) is 34.7 Å². The first-order chi connectivity index (χ1) is 14.2. The van der Waals surface area contributed by atoms with Gasteiger partial charge in [-0.05, 0) is 51.2 Å². The molecule has 1 N–H and O–H groups in total. The standard InChI is InChI=1S/C21H28N6OS/c1-14-13-15(2)27(25-14)21-23-19(22-7-8-26-9-11-28-12-10-26)18-16-5-3-4-6-17(16)29-20(18)24-21/h13H,3-12H2,1-2H3,(H,22,23,24). The van der Waals surface area contributed by atoms with Crippen LogP contribution in [0.3, 0.4) is 0 Å². The topological polar surface area (TPSA) is 68.1 Å². The number of nitrogens with one attached hydrogen (secondary N) is 1. The molecule has 154 valence electrons. The summed E-state index contributed by atoms with van der Waals surface area (Å²) >= 11 is 1.84. The molecule has 1 fully saturated rings. The number of aromatic nitrogens is 4. The van der Waals surface area contributed by atoms with Crippen LogP contribution in [0.5, 0.6) is 0 Å². The van der Waals surface area contributed by atoms with Crippen LogP contribution in [0.25, 0.3) is 16.2 Å². The van der Waals surface area contributed by atoms with E-state index in [-0.39, 0.29) is 0 Å². The van der Waals surface area contributed by atoms with Crippen molar-refractivity contribution in [2.24, 2.45) is 0 Å². The fraction of sp³-hybridized carbons (Fsp3) is 0.571. The Kier molecular flexibility index (Phi) is 5.24. The Balaban J connectivity index is 1.50. The molecular formula is C21H28N6OS. The summed E-state index contributed by atoms with van der Waals surface area (Å²) in [5, 5.41) is 9.48. The summed E-state index contributed by atoms with van der Waals surface area (Å²) in [6.45, 7) is 9.60. The number of hydrogen-bond donors (Lipinski definition) is 1. The molecule has 1 saturated heterocycles. The van der Waals surface area contributed by atoms with Crippen LogP contribution in [-0.4, -0.2) is 64.0 Å². The highest BCUT2D eigenvalue weighted by Gasteiger charge is 2.22. The van der Waals surface area contributed by atoms with Gasteiger partial charge in [0.2, 0.25) is 0 Å². The molecule has 0 amide bonds. The highest BCUT2D eigenvalue weighted by molar-refractivity contribution is 7.19. The van der Waals surface area contributed by atoms with Crippen LogP contribution in [0.15, 0.2) is 6.07 Å². The van der Waals surface area contributed by atoms with Gasteiger partial charge in [-0.25, -0.2) is 4.68 Å². The van der Waals surface area contributed by atoms with Crippen molar-refractivity contribution in [1.82, 2.24) is 24.6 Å². The van der Waals surface area contributed by atoms with Gasteiger partial charge in [0, 0.05) is 36.8 Å².